The van der Waals surface area contributed by atoms with E-state index in [4.69, 9.17) is 0 Å². The molecule has 1 saturated carbocycles. The topological polar surface area (TPSA) is 59.8 Å². The van der Waals surface area contributed by atoms with Gasteiger partial charge in [-0.25, -0.2) is 27.2 Å². The van der Waals surface area contributed by atoms with Crippen LogP contribution in [0.2, 0.25) is 0 Å². The number of amides is 1. The smallest absolute Gasteiger partial charge is 0.280 e. The summed E-state index contributed by atoms with van der Waals surface area (Å²) in [6.45, 7) is 3.31. The predicted molar refractivity (Wildman–Crippen MR) is 91.7 cm³/mol. The first-order valence-corrected chi connectivity index (χ1v) is 9.01. The molecule has 0 radical (unpaired) electrons. The Morgan fingerprint density at radius 3 is 2.59 bits per heavy atom. The van der Waals surface area contributed by atoms with E-state index in [2.05, 4.69) is 22.3 Å². The zero-order valence-corrected chi connectivity index (χ0v) is 15.2. The standard InChI is InChI=1S/C18H22F4N4O/c1-9-5-3-4-6-12(9)23-14(27)8-26-18-15(10(2)25-26)11(16(19)20)7-13(24-18)17(21)22/h7,9,12,16-17H,3-6,8H2,1-2H3,(H,23,27). The van der Waals surface area contributed by atoms with E-state index in [1.807, 2.05) is 0 Å². The fraction of sp³-hybridized carbons (Fsp3) is 0.611. The Bertz CT molecular complexity index is 836. The van der Waals surface area contributed by atoms with Gasteiger partial charge in [-0.1, -0.05) is 19.8 Å². The summed E-state index contributed by atoms with van der Waals surface area (Å²) in [6.07, 6.45) is -1.85. The van der Waals surface area contributed by atoms with Crippen molar-refractivity contribution in [2.75, 3.05) is 0 Å². The van der Waals surface area contributed by atoms with Gasteiger partial charge in [0, 0.05) is 11.6 Å². The summed E-state index contributed by atoms with van der Waals surface area (Å²) >= 11 is 0. The zero-order chi connectivity index (χ0) is 19.7. The second kappa shape index (κ2) is 7.82. The number of aryl methyl sites for hydroxylation is 1. The summed E-state index contributed by atoms with van der Waals surface area (Å²) < 4.78 is 54.0. The molecule has 0 aromatic carbocycles. The van der Waals surface area contributed by atoms with E-state index in [1.165, 1.54) is 6.92 Å². The van der Waals surface area contributed by atoms with Crippen LogP contribution in [0.5, 0.6) is 0 Å². The predicted octanol–water partition coefficient (Wildman–Crippen LogP) is 4.31. The van der Waals surface area contributed by atoms with E-state index in [9.17, 15) is 22.4 Å². The molecule has 148 valence electrons. The van der Waals surface area contributed by atoms with Crippen LogP contribution >= 0.6 is 0 Å². The maximum absolute atomic E-state index is 13.4. The third kappa shape index (κ3) is 4.06. The van der Waals surface area contributed by atoms with Gasteiger partial charge in [0.15, 0.2) is 5.65 Å². The van der Waals surface area contributed by atoms with Crippen LogP contribution in [0.15, 0.2) is 6.07 Å². The molecule has 2 aromatic rings. The zero-order valence-electron chi connectivity index (χ0n) is 15.2. The molecule has 1 fully saturated rings. The molecule has 27 heavy (non-hydrogen) atoms. The van der Waals surface area contributed by atoms with Gasteiger partial charge in [-0.3, -0.25) is 4.79 Å². The molecule has 1 aliphatic carbocycles. The molecule has 2 atom stereocenters. The summed E-state index contributed by atoms with van der Waals surface area (Å²) in [4.78, 5) is 16.2. The van der Waals surface area contributed by atoms with Crippen molar-refractivity contribution in [3.8, 4) is 0 Å². The Labute approximate surface area is 154 Å². The molecule has 0 bridgehead atoms. The summed E-state index contributed by atoms with van der Waals surface area (Å²) in [5, 5.41) is 7.06. The van der Waals surface area contributed by atoms with Gasteiger partial charge in [-0.2, -0.15) is 5.10 Å². The minimum absolute atomic E-state index is 0.0215. The van der Waals surface area contributed by atoms with Gasteiger partial charge >= 0.3 is 0 Å². The average Bonchev–Trinajstić information content (AvgIpc) is 2.91. The number of hydrogen-bond acceptors (Lipinski definition) is 3. The van der Waals surface area contributed by atoms with E-state index in [1.54, 1.807) is 0 Å². The van der Waals surface area contributed by atoms with Crippen molar-refractivity contribution in [1.82, 2.24) is 20.1 Å². The van der Waals surface area contributed by atoms with E-state index in [0.717, 1.165) is 30.4 Å². The minimum atomic E-state index is -2.99. The van der Waals surface area contributed by atoms with Gasteiger partial charge in [-0.05, 0) is 31.7 Å². The Morgan fingerprint density at radius 1 is 1.26 bits per heavy atom. The minimum Gasteiger partial charge on any atom is -0.351 e. The van der Waals surface area contributed by atoms with Crippen molar-refractivity contribution in [2.45, 2.75) is 65.0 Å². The molecular weight excluding hydrogens is 364 g/mol. The van der Waals surface area contributed by atoms with Gasteiger partial charge in [0.2, 0.25) is 5.91 Å². The first-order chi connectivity index (χ1) is 12.8. The lowest BCUT2D eigenvalue weighted by atomic mass is 9.86. The summed E-state index contributed by atoms with van der Waals surface area (Å²) in [5.41, 5.74) is -1.18. The Hall–Kier alpha value is -2.19. The molecular formula is C18H22F4N4O. The van der Waals surface area contributed by atoms with Gasteiger partial charge in [0.1, 0.15) is 12.2 Å². The largest absolute Gasteiger partial charge is 0.351 e. The highest BCUT2D eigenvalue weighted by molar-refractivity contribution is 5.85. The van der Waals surface area contributed by atoms with Crippen LogP contribution in [0.25, 0.3) is 11.0 Å². The van der Waals surface area contributed by atoms with Crippen LogP contribution in [0.3, 0.4) is 0 Å². The molecule has 0 spiro atoms. The lowest BCUT2D eigenvalue weighted by molar-refractivity contribution is -0.123. The second-order valence-electron chi connectivity index (χ2n) is 7.12. The van der Waals surface area contributed by atoms with Gasteiger partial charge in [-0.15, -0.1) is 0 Å². The van der Waals surface area contributed by atoms with E-state index < -0.39 is 24.1 Å². The van der Waals surface area contributed by atoms with Crippen LogP contribution in [0.4, 0.5) is 17.6 Å². The van der Waals surface area contributed by atoms with Crippen molar-refractivity contribution < 1.29 is 22.4 Å². The highest BCUT2D eigenvalue weighted by atomic mass is 19.3. The number of hydrogen-bond donors (Lipinski definition) is 1. The number of carbonyl (C=O) groups excluding carboxylic acids is 1. The van der Waals surface area contributed by atoms with Crippen LogP contribution in [-0.4, -0.2) is 26.7 Å². The number of fused-ring (bicyclic) bond motifs is 1. The fourth-order valence-electron chi connectivity index (χ4n) is 3.72. The SMILES string of the molecule is Cc1nn(CC(=O)NC2CCCCC2C)c2nc(C(F)F)cc(C(F)F)c12. The van der Waals surface area contributed by atoms with Crippen molar-refractivity contribution in [1.29, 1.82) is 0 Å². The fourth-order valence-corrected chi connectivity index (χ4v) is 3.72. The van der Waals surface area contributed by atoms with E-state index in [-0.39, 0.29) is 35.2 Å². The molecule has 0 saturated heterocycles. The average molecular weight is 386 g/mol. The Kier molecular flexibility index (Phi) is 5.67. The number of halogens is 4. The number of pyridine rings is 1. The van der Waals surface area contributed by atoms with Gasteiger partial charge < -0.3 is 5.32 Å². The molecule has 1 aliphatic rings. The van der Waals surface area contributed by atoms with Gasteiger partial charge in [0.05, 0.1) is 11.1 Å². The molecule has 2 unspecified atom stereocenters. The van der Waals surface area contributed by atoms with E-state index >= 15 is 0 Å². The number of carbonyl (C=O) groups is 1. The maximum Gasteiger partial charge on any atom is 0.280 e. The van der Waals surface area contributed by atoms with Crippen molar-refractivity contribution in [3.05, 3.63) is 23.0 Å². The van der Waals surface area contributed by atoms with Crippen molar-refractivity contribution in [3.63, 3.8) is 0 Å². The number of aromatic nitrogens is 3. The Balaban J connectivity index is 1.91. The molecule has 1 N–H and O–H groups in total. The summed E-state index contributed by atoms with van der Waals surface area (Å²) in [5.74, 6) is 0.0220. The number of nitrogens with one attached hydrogen (secondary N) is 1. The lowest BCUT2D eigenvalue weighted by Crippen LogP contribution is -2.42. The number of nitrogens with zero attached hydrogens (tertiary/aromatic N) is 3. The molecule has 2 aromatic heterocycles. The van der Waals surface area contributed by atoms with Crippen molar-refractivity contribution in [2.24, 2.45) is 5.92 Å². The number of rotatable bonds is 5. The highest BCUT2D eigenvalue weighted by Crippen LogP contribution is 2.32. The quantitative estimate of drug-likeness (QED) is 0.779. The molecule has 2 heterocycles. The van der Waals surface area contributed by atoms with Crippen LogP contribution in [-0.2, 0) is 11.3 Å². The second-order valence-corrected chi connectivity index (χ2v) is 7.12. The first kappa shape index (κ1) is 19.6. The maximum atomic E-state index is 13.4. The Morgan fingerprint density at radius 2 is 1.96 bits per heavy atom. The molecule has 3 rings (SSSR count). The summed E-state index contributed by atoms with van der Waals surface area (Å²) in [7, 11) is 0. The monoisotopic (exact) mass is 386 g/mol. The number of alkyl halides is 4. The van der Waals surface area contributed by atoms with Crippen molar-refractivity contribution >= 4 is 16.9 Å². The van der Waals surface area contributed by atoms with Crippen LogP contribution in [0.1, 0.15) is 62.4 Å². The van der Waals surface area contributed by atoms with E-state index in [0.29, 0.717) is 12.0 Å². The lowest BCUT2D eigenvalue weighted by Gasteiger charge is -2.29. The van der Waals surface area contributed by atoms with Gasteiger partial charge in [0.25, 0.3) is 12.9 Å². The molecule has 0 aliphatic heterocycles. The van der Waals surface area contributed by atoms with Crippen LogP contribution in [0, 0.1) is 12.8 Å². The molecule has 5 nitrogen and oxygen atoms in total. The molecule has 9 heteroatoms. The highest BCUT2D eigenvalue weighted by Gasteiger charge is 2.26. The first-order valence-electron chi connectivity index (χ1n) is 9.01. The molecule has 1 amide bonds. The van der Waals surface area contributed by atoms with Crippen LogP contribution < -0.4 is 5.32 Å². The normalized spacial score (nSPS) is 20.6. The summed E-state index contributed by atoms with van der Waals surface area (Å²) in [6, 6.07) is 0.760. The third-order valence-corrected chi connectivity index (χ3v) is 5.14. The third-order valence-electron chi connectivity index (χ3n) is 5.14.